The van der Waals surface area contributed by atoms with E-state index in [0.717, 1.165) is 0 Å². The van der Waals surface area contributed by atoms with Crippen LogP contribution in [0.3, 0.4) is 0 Å². The Kier molecular flexibility index (Phi) is 4.79. The molecule has 0 saturated heterocycles. The predicted octanol–water partition coefficient (Wildman–Crippen LogP) is 2.74. The minimum Gasteiger partial charge on any atom is -0.399 e. The maximum atomic E-state index is 12.2. The van der Waals surface area contributed by atoms with Crippen molar-refractivity contribution in [3.63, 3.8) is 0 Å². The van der Waals surface area contributed by atoms with Gasteiger partial charge in [0, 0.05) is 18.8 Å². The highest BCUT2D eigenvalue weighted by molar-refractivity contribution is 6.34. The van der Waals surface area contributed by atoms with Crippen LogP contribution in [-0.2, 0) is 0 Å². The first kappa shape index (κ1) is 13.3. The van der Waals surface area contributed by atoms with E-state index in [1.54, 1.807) is 35.3 Å². The SMILES string of the molecule is C=CCN(CC=C)C(=O)c1cc(N)ccc1Cl. The lowest BCUT2D eigenvalue weighted by atomic mass is 10.1. The van der Waals surface area contributed by atoms with E-state index in [4.69, 9.17) is 17.3 Å². The summed E-state index contributed by atoms with van der Waals surface area (Å²) in [6.07, 6.45) is 3.31. The van der Waals surface area contributed by atoms with Gasteiger partial charge in [-0.05, 0) is 18.2 Å². The molecule has 90 valence electrons. The van der Waals surface area contributed by atoms with E-state index in [1.165, 1.54) is 0 Å². The molecule has 1 aromatic rings. The monoisotopic (exact) mass is 250 g/mol. The molecule has 1 amide bonds. The Bertz CT molecular complexity index is 433. The van der Waals surface area contributed by atoms with Crippen LogP contribution in [0.4, 0.5) is 5.69 Å². The maximum absolute atomic E-state index is 12.2. The smallest absolute Gasteiger partial charge is 0.256 e. The summed E-state index contributed by atoms with van der Waals surface area (Å²) in [6, 6.07) is 4.85. The standard InChI is InChI=1S/C13H15ClN2O/c1-3-7-16(8-4-2)13(17)11-9-10(15)5-6-12(11)14/h3-6,9H,1-2,7-8,15H2. The first-order valence-corrected chi connectivity index (χ1v) is 5.54. The van der Waals surface area contributed by atoms with Crippen molar-refractivity contribution in [1.82, 2.24) is 4.90 Å². The molecule has 0 aromatic heterocycles. The Balaban J connectivity index is 3.03. The molecule has 3 nitrogen and oxygen atoms in total. The molecule has 0 fully saturated rings. The van der Waals surface area contributed by atoms with Crippen LogP contribution in [0.15, 0.2) is 43.5 Å². The van der Waals surface area contributed by atoms with Crippen LogP contribution in [0, 0.1) is 0 Å². The normalized spacial score (nSPS) is 9.71. The number of rotatable bonds is 5. The fourth-order valence-corrected chi connectivity index (χ4v) is 1.63. The number of nitrogens with two attached hydrogens (primary N) is 1. The average Bonchev–Trinajstić information content (AvgIpc) is 2.31. The van der Waals surface area contributed by atoms with Crippen LogP contribution in [0.25, 0.3) is 0 Å². The molecule has 2 N–H and O–H groups in total. The van der Waals surface area contributed by atoms with E-state index in [0.29, 0.717) is 29.4 Å². The van der Waals surface area contributed by atoms with E-state index in [2.05, 4.69) is 13.2 Å². The van der Waals surface area contributed by atoms with Gasteiger partial charge in [-0.25, -0.2) is 0 Å². The molecular weight excluding hydrogens is 236 g/mol. The topological polar surface area (TPSA) is 46.3 Å². The Morgan fingerprint density at radius 3 is 2.47 bits per heavy atom. The van der Waals surface area contributed by atoms with Crippen LogP contribution in [-0.4, -0.2) is 23.9 Å². The van der Waals surface area contributed by atoms with Gasteiger partial charge in [0.1, 0.15) is 0 Å². The van der Waals surface area contributed by atoms with E-state index in [1.807, 2.05) is 0 Å². The predicted molar refractivity (Wildman–Crippen MR) is 72.2 cm³/mol. The maximum Gasteiger partial charge on any atom is 0.256 e. The molecule has 0 bridgehead atoms. The highest BCUT2D eigenvalue weighted by atomic mass is 35.5. The summed E-state index contributed by atoms with van der Waals surface area (Å²) in [7, 11) is 0. The second-order valence-electron chi connectivity index (χ2n) is 3.53. The number of anilines is 1. The number of carbonyl (C=O) groups is 1. The molecule has 0 radical (unpaired) electrons. The summed E-state index contributed by atoms with van der Waals surface area (Å²) in [5.74, 6) is -0.179. The van der Waals surface area contributed by atoms with Crippen molar-refractivity contribution in [2.75, 3.05) is 18.8 Å². The quantitative estimate of drug-likeness (QED) is 0.645. The van der Waals surface area contributed by atoms with Gasteiger partial charge in [0.05, 0.1) is 10.6 Å². The number of nitrogens with zero attached hydrogens (tertiary/aromatic N) is 1. The summed E-state index contributed by atoms with van der Waals surface area (Å²) in [4.78, 5) is 13.8. The molecule has 0 heterocycles. The number of amides is 1. The van der Waals surface area contributed by atoms with Gasteiger partial charge >= 0.3 is 0 Å². The number of hydrogen-bond donors (Lipinski definition) is 1. The number of benzene rings is 1. The Morgan fingerprint density at radius 1 is 1.35 bits per heavy atom. The van der Waals surface area contributed by atoms with Gasteiger partial charge in [-0.1, -0.05) is 23.8 Å². The van der Waals surface area contributed by atoms with Crippen molar-refractivity contribution >= 4 is 23.2 Å². The minimum absolute atomic E-state index is 0.179. The second-order valence-corrected chi connectivity index (χ2v) is 3.93. The number of nitrogen functional groups attached to an aromatic ring is 1. The third-order valence-corrected chi connectivity index (χ3v) is 2.54. The van der Waals surface area contributed by atoms with Crippen molar-refractivity contribution in [1.29, 1.82) is 0 Å². The highest BCUT2D eigenvalue weighted by Gasteiger charge is 2.16. The van der Waals surface area contributed by atoms with Crippen LogP contribution in [0.5, 0.6) is 0 Å². The van der Waals surface area contributed by atoms with Crippen molar-refractivity contribution in [2.24, 2.45) is 0 Å². The van der Waals surface area contributed by atoms with Crippen molar-refractivity contribution in [3.05, 3.63) is 54.1 Å². The van der Waals surface area contributed by atoms with Crippen LogP contribution in [0.1, 0.15) is 10.4 Å². The largest absolute Gasteiger partial charge is 0.399 e. The van der Waals surface area contributed by atoms with Gasteiger partial charge in [-0.2, -0.15) is 0 Å². The summed E-state index contributed by atoms with van der Waals surface area (Å²) < 4.78 is 0. The molecular formula is C13H15ClN2O. The van der Waals surface area contributed by atoms with Gasteiger partial charge in [0.15, 0.2) is 0 Å². The van der Waals surface area contributed by atoms with Crippen molar-refractivity contribution in [2.45, 2.75) is 0 Å². The fourth-order valence-electron chi connectivity index (χ4n) is 1.43. The summed E-state index contributed by atoms with van der Waals surface area (Å²) in [5, 5.41) is 0.391. The zero-order valence-electron chi connectivity index (χ0n) is 9.53. The minimum atomic E-state index is -0.179. The molecule has 0 unspecified atom stereocenters. The fraction of sp³-hybridized carbons (Fsp3) is 0.154. The Morgan fingerprint density at radius 2 is 1.94 bits per heavy atom. The molecule has 1 rings (SSSR count). The van der Waals surface area contributed by atoms with Crippen LogP contribution >= 0.6 is 11.6 Å². The van der Waals surface area contributed by atoms with Gasteiger partial charge in [0.25, 0.3) is 5.91 Å². The summed E-state index contributed by atoms with van der Waals surface area (Å²) >= 11 is 5.98. The zero-order valence-corrected chi connectivity index (χ0v) is 10.3. The van der Waals surface area contributed by atoms with Crippen molar-refractivity contribution < 1.29 is 4.79 Å². The molecule has 0 saturated carbocycles. The number of hydrogen-bond acceptors (Lipinski definition) is 2. The lowest BCUT2D eigenvalue weighted by molar-refractivity contribution is 0.0791. The molecule has 0 aliphatic carbocycles. The average molecular weight is 251 g/mol. The highest BCUT2D eigenvalue weighted by Crippen LogP contribution is 2.20. The summed E-state index contributed by atoms with van der Waals surface area (Å²) in [5.41, 5.74) is 6.55. The third-order valence-electron chi connectivity index (χ3n) is 2.21. The van der Waals surface area contributed by atoms with E-state index in [-0.39, 0.29) is 5.91 Å². The first-order chi connectivity index (χ1) is 8.10. The van der Waals surface area contributed by atoms with Crippen LogP contribution < -0.4 is 5.73 Å². The molecule has 0 aliphatic heterocycles. The molecule has 17 heavy (non-hydrogen) atoms. The second kappa shape index (κ2) is 6.11. The third kappa shape index (κ3) is 3.36. The van der Waals surface area contributed by atoms with E-state index < -0.39 is 0 Å². The number of carbonyl (C=O) groups excluding carboxylic acids is 1. The first-order valence-electron chi connectivity index (χ1n) is 5.16. The molecule has 0 aliphatic rings. The molecule has 1 aromatic carbocycles. The lowest BCUT2D eigenvalue weighted by Gasteiger charge is -2.20. The van der Waals surface area contributed by atoms with Crippen molar-refractivity contribution in [3.8, 4) is 0 Å². The molecule has 0 spiro atoms. The van der Waals surface area contributed by atoms with Gasteiger partial charge in [0.2, 0.25) is 0 Å². The Hall–Kier alpha value is -1.74. The van der Waals surface area contributed by atoms with E-state index in [9.17, 15) is 4.79 Å². The lowest BCUT2D eigenvalue weighted by Crippen LogP contribution is -2.31. The van der Waals surface area contributed by atoms with Gasteiger partial charge in [-0.15, -0.1) is 13.2 Å². The summed E-state index contributed by atoms with van der Waals surface area (Å²) in [6.45, 7) is 8.11. The van der Waals surface area contributed by atoms with E-state index >= 15 is 0 Å². The Labute approximate surface area is 106 Å². The molecule has 0 atom stereocenters. The van der Waals surface area contributed by atoms with Crippen LogP contribution in [0.2, 0.25) is 5.02 Å². The van der Waals surface area contributed by atoms with Gasteiger partial charge in [-0.3, -0.25) is 4.79 Å². The zero-order chi connectivity index (χ0) is 12.8. The number of halogens is 1. The van der Waals surface area contributed by atoms with Gasteiger partial charge < -0.3 is 10.6 Å². The molecule has 4 heteroatoms.